The van der Waals surface area contributed by atoms with Crippen LogP contribution in [0.4, 0.5) is 0 Å². The van der Waals surface area contributed by atoms with Crippen molar-refractivity contribution in [1.82, 2.24) is 4.90 Å². The van der Waals surface area contributed by atoms with Crippen molar-refractivity contribution in [3.63, 3.8) is 0 Å². The Morgan fingerprint density at radius 1 is 1.19 bits per heavy atom. The van der Waals surface area contributed by atoms with Crippen molar-refractivity contribution in [3.8, 4) is 0 Å². The SMILES string of the molecule is NC(=O)CN(CC(=O)O)Cc1ccccc1. The number of nitrogens with two attached hydrogens (primary N) is 1. The fraction of sp³-hybridized carbons (Fsp3) is 0.273. The lowest BCUT2D eigenvalue weighted by atomic mass is 10.2. The highest BCUT2D eigenvalue weighted by atomic mass is 16.4. The Bertz CT molecular complexity index is 349. The van der Waals surface area contributed by atoms with E-state index < -0.39 is 11.9 Å². The van der Waals surface area contributed by atoms with E-state index in [2.05, 4.69) is 0 Å². The van der Waals surface area contributed by atoms with Crippen molar-refractivity contribution >= 4 is 11.9 Å². The molecule has 16 heavy (non-hydrogen) atoms. The van der Waals surface area contributed by atoms with Crippen LogP contribution in [0.1, 0.15) is 5.56 Å². The number of rotatable bonds is 6. The van der Waals surface area contributed by atoms with Gasteiger partial charge in [0.2, 0.25) is 5.91 Å². The van der Waals surface area contributed by atoms with Crippen LogP contribution in [0.2, 0.25) is 0 Å². The molecule has 3 N–H and O–H groups in total. The Balaban J connectivity index is 2.63. The van der Waals surface area contributed by atoms with Crippen LogP contribution in [0.5, 0.6) is 0 Å². The second-order valence-corrected chi connectivity index (χ2v) is 3.49. The first-order chi connectivity index (χ1) is 7.58. The van der Waals surface area contributed by atoms with E-state index in [9.17, 15) is 9.59 Å². The van der Waals surface area contributed by atoms with Crippen LogP contribution < -0.4 is 5.73 Å². The molecule has 0 bridgehead atoms. The maximum absolute atomic E-state index is 10.8. The van der Waals surface area contributed by atoms with Crippen molar-refractivity contribution in [2.45, 2.75) is 6.54 Å². The molecule has 1 aromatic carbocycles. The van der Waals surface area contributed by atoms with E-state index in [1.165, 1.54) is 4.90 Å². The number of hydrogen-bond acceptors (Lipinski definition) is 3. The lowest BCUT2D eigenvalue weighted by molar-refractivity contribution is -0.138. The van der Waals surface area contributed by atoms with Crippen LogP contribution >= 0.6 is 0 Å². The van der Waals surface area contributed by atoms with Crippen molar-refractivity contribution < 1.29 is 14.7 Å². The van der Waals surface area contributed by atoms with Crippen molar-refractivity contribution in [1.29, 1.82) is 0 Å². The summed E-state index contributed by atoms with van der Waals surface area (Å²) in [6.45, 7) is 0.148. The summed E-state index contributed by atoms with van der Waals surface area (Å²) in [4.78, 5) is 22.8. The molecule has 0 aromatic heterocycles. The summed E-state index contributed by atoms with van der Waals surface area (Å²) in [5, 5.41) is 8.68. The molecule has 1 amide bonds. The summed E-state index contributed by atoms with van der Waals surface area (Å²) in [5.41, 5.74) is 6.00. The molecule has 0 aliphatic heterocycles. The fourth-order valence-corrected chi connectivity index (χ4v) is 1.42. The number of primary amides is 1. The van der Waals surface area contributed by atoms with Crippen LogP contribution in [-0.4, -0.2) is 35.0 Å². The monoisotopic (exact) mass is 222 g/mol. The minimum Gasteiger partial charge on any atom is -0.480 e. The first-order valence-corrected chi connectivity index (χ1v) is 4.84. The summed E-state index contributed by atoms with van der Waals surface area (Å²) < 4.78 is 0. The average Bonchev–Trinajstić information content (AvgIpc) is 2.16. The number of aliphatic carboxylic acids is 1. The largest absolute Gasteiger partial charge is 0.480 e. The molecule has 0 saturated heterocycles. The van der Waals surface area contributed by atoms with Crippen molar-refractivity contribution in [2.75, 3.05) is 13.1 Å². The molecule has 1 aromatic rings. The minimum absolute atomic E-state index is 0.0544. The summed E-state index contributed by atoms with van der Waals surface area (Å²) >= 11 is 0. The molecule has 0 atom stereocenters. The van der Waals surface area contributed by atoms with E-state index in [1.807, 2.05) is 30.3 Å². The Hall–Kier alpha value is -1.88. The van der Waals surface area contributed by atoms with E-state index in [4.69, 9.17) is 10.8 Å². The van der Waals surface area contributed by atoms with Crippen LogP contribution in [0, 0.1) is 0 Å². The molecule has 86 valence electrons. The third-order valence-corrected chi connectivity index (χ3v) is 1.99. The number of benzene rings is 1. The zero-order valence-corrected chi connectivity index (χ0v) is 8.80. The van der Waals surface area contributed by atoms with Crippen LogP contribution in [0.3, 0.4) is 0 Å². The summed E-state index contributed by atoms with van der Waals surface area (Å²) in [5.74, 6) is -1.51. The van der Waals surface area contributed by atoms with Gasteiger partial charge in [-0.1, -0.05) is 30.3 Å². The number of amides is 1. The number of carbonyl (C=O) groups excluding carboxylic acids is 1. The number of carbonyl (C=O) groups is 2. The highest BCUT2D eigenvalue weighted by molar-refractivity contribution is 5.77. The van der Waals surface area contributed by atoms with Gasteiger partial charge < -0.3 is 10.8 Å². The summed E-state index contributed by atoms with van der Waals surface area (Å²) in [6, 6.07) is 9.34. The molecule has 0 fully saturated rings. The Morgan fingerprint density at radius 3 is 2.31 bits per heavy atom. The number of carboxylic acids is 1. The first-order valence-electron chi connectivity index (χ1n) is 4.84. The van der Waals surface area contributed by atoms with Gasteiger partial charge in [0.25, 0.3) is 0 Å². The average molecular weight is 222 g/mol. The van der Waals surface area contributed by atoms with E-state index in [0.717, 1.165) is 5.56 Å². The Kier molecular flexibility index (Phi) is 4.47. The first kappa shape index (κ1) is 12.2. The minimum atomic E-state index is -0.975. The summed E-state index contributed by atoms with van der Waals surface area (Å²) in [6.07, 6.45) is 0. The molecule has 0 saturated carbocycles. The Morgan fingerprint density at radius 2 is 1.81 bits per heavy atom. The van der Waals surface area contributed by atoms with E-state index >= 15 is 0 Å². The molecule has 0 radical (unpaired) electrons. The maximum atomic E-state index is 10.8. The van der Waals surface area contributed by atoms with Crippen LogP contribution in [0.15, 0.2) is 30.3 Å². The lowest BCUT2D eigenvalue weighted by Crippen LogP contribution is -2.36. The van der Waals surface area contributed by atoms with Gasteiger partial charge in [0.05, 0.1) is 13.1 Å². The second-order valence-electron chi connectivity index (χ2n) is 3.49. The molecular weight excluding hydrogens is 208 g/mol. The van der Waals surface area contributed by atoms with Crippen LogP contribution in [-0.2, 0) is 16.1 Å². The molecule has 5 nitrogen and oxygen atoms in total. The second kappa shape index (κ2) is 5.87. The predicted octanol–water partition coefficient (Wildman–Crippen LogP) is 0.0585. The van der Waals surface area contributed by atoms with Gasteiger partial charge in [0, 0.05) is 6.54 Å². The molecule has 0 heterocycles. The third-order valence-electron chi connectivity index (χ3n) is 1.99. The molecule has 1 rings (SSSR count). The fourth-order valence-electron chi connectivity index (χ4n) is 1.42. The van der Waals surface area contributed by atoms with Crippen molar-refractivity contribution in [2.24, 2.45) is 5.73 Å². The number of carboxylic acid groups (broad SMARTS) is 1. The maximum Gasteiger partial charge on any atom is 0.317 e. The topological polar surface area (TPSA) is 83.6 Å². The standard InChI is InChI=1S/C11H14N2O3/c12-10(14)7-13(8-11(15)16)6-9-4-2-1-3-5-9/h1-5H,6-8H2,(H2,12,14)(H,15,16). The predicted molar refractivity (Wildman–Crippen MR) is 58.5 cm³/mol. The smallest absolute Gasteiger partial charge is 0.317 e. The Labute approximate surface area is 93.5 Å². The zero-order chi connectivity index (χ0) is 12.0. The van der Waals surface area contributed by atoms with Gasteiger partial charge in [0.1, 0.15) is 0 Å². The normalized spacial score (nSPS) is 10.3. The van der Waals surface area contributed by atoms with Gasteiger partial charge in [0.15, 0.2) is 0 Å². The lowest BCUT2D eigenvalue weighted by Gasteiger charge is -2.18. The van der Waals surface area contributed by atoms with Gasteiger partial charge in [-0.25, -0.2) is 0 Å². The molecule has 0 unspecified atom stereocenters. The molecule has 0 spiro atoms. The molecular formula is C11H14N2O3. The number of hydrogen-bond donors (Lipinski definition) is 2. The quantitative estimate of drug-likeness (QED) is 0.712. The van der Waals surface area contributed by atoms with Crippen LogP contribution in [0.25, 0.3) is 0 Å². The zero-order valence-electron chi connectivity index (χ0n) is 8.80. The highest BCUT2D eigenvalue weighted by Gasteiger charge is 2.12. The van der Waals surface area contributed by atoms with E-state index in [0.29, 0.717) is 6.54 Å². The molecule has 5 heteroatoms. The highest BCUT2D eigenvalue weighted by Crippen LogP contribution is 2.03. The molecule has 0 aliphatic carbocycles. The van der Waals surface area contributed by atoms with Gasteiger partial charge >= 0.3 is 5.97 Å². The van der Waals surface area contributed by atoms with E-state index in [1.54, 1.807) is 0 Å². The van der Waals surface area contributed by atoms with E-state index in [-0.39, 0.29) is 13.1 Å². The van der Waals surface area contributed by atoms with Gasteiger partial charge in [-0.05, 0) is 5.56 Å². The van der Waals surface area contributed by atoms with Gasteiger partial charge in [-0.2, -0.15) is 0 Å². The third kappa shape index (κ3) is 4.56. The van der Waals surface area contributed by atoms with Crippen molar-refractivity contribution in [3.05, 3.63) is 35.9 Å². The summed E-state index contributed by atoms with van der Waals surface area (Å²) in [7, 11) is 0. The molecule has 0 aliphatic rings. The van der Waals surface area contributed by atoms with Gasteiger partial charge in [-0.15, -0.1) is 0 Å². The number of nitrogens with zero attached hydrogens (tertiary/aromatic N) is 1. The van der Waals surface area contributed by atoms with Gasteiger partial charge in [-0.3, -0.25) is 14.5 Å².